The summed E-state index contributed by atoms with van der Waals surface area (Å²) in [7, 11) is 0. The van der Waals surface area contributed by atoms with Gasteiger partial charge in [0.25, 0.3) is 5.91 Å². The zero-order valence-corrected chi connectivity index (χ0v) is 14.3. The molecule has 2 heterocycles. The number of hydrogen-bond acceptors (Lipinski definition) is 4. The van der Waals surface area contributed by atoms with Crippen molar-refractivity contribution >= 4 is 17.5 Å². The lowest BCUT2D eigenvalue weighted by molar-refractivity contribution is 0.0951. The van der Waals surface area contributed by atoms with Crippen LogP contribution < -0.4 is 10.2 Å². The second-order valence-electron chi connectivity index (χ2n) is 6.59. The van der Waals surface area contributed by atoms with E-state index in [2.05, 4.69) is 52.2 Å². The molecule has 126 valence electrons. The molecule has 5 heteroatoms. The van der Waals surface area contributed by atoms with Crippen LogP contribution in [0.25, 0.3) is 0 Å². The number of benzene rings is 1. The summed E-state index contributed by atoms with van der Waals surface area (Å²) < 4.78 is 0. The van der Waals surface area contributed by atoms with Gasteiger partial charge < -0.3 is 10.2 Å². The Morgan fingerprint density at radius 1 is 1.25 bits per heavy atom. The number of nitrogens with one attached hydrogen (secondary N) is 1. The Labute approximate surface area is 143 Å². The van der Waals surface area contributed by atoms with Crippen LogP contribution in [0.3, 0.4) is 0 Å². The first kappa shape index (κ1) is 16.4. The molecule has 0 radical (unpaired) electrons. The number of carbonyl (C=O) groups is 1. The fourth-order valence-corrected chi connectivity index (χ4v) is 2.90. The topological polar surface area (TPSA) is 58.1 Å². The van der Waals surface area contributed by atoms with Gasteiger partial charge in [0.05, 0.1) is 5.56 Å². The molecule has 0 saturated carbocycles. The van der Waals surface area contributed by atoms with Crippen LogP contribution >= 0.6 is 0 Å². The van der Waals surface area contributed by atoms with E-state index < -0.39 is 0 Å². The van der Waals surface area contributed by atoms with Crippen molar-refractivity contribution in [2.75, 3.05) is 18.0 Å². The molecule has 1 aromatic heterocycles. The van der Waals surface area contributed by atoms with Crippen LogP contribution in [-0.4, -0.2) is 29.0 Å². The average molecular weight is 324 g/mol. The number of aromatic nitrogens is 2. The van der Waals surface area contributed by atoms with Gasteiger partial charge in [-0.05, 0) is 36.8 Å². The van der Waals surface area contributed by atoms with Gasteiger partial charge >= 0.3 is 0 Å². The lowest BCUT2D eigenvalue weighted by atomic mass is 10.0. The summed E-state index contributed by atoms with van der Waals surface area (Å²) in [5.74, 6) is 1.12. The van der Waals surface area contributed by atoms with Crippen molar-refractivity contribution in [1.29, 1.82) is 0 Å². The maximum absolute atomic E-state index is 12.1. The Morgan fingerprint density at radius 2 is 2.00 bits per heavy atom. The molecule has 1 aliphatic heterocycles. The minimum Gasteiger partial charge on any atom is -0.352 e. The quantitative estimate of drug-likeness (QED) is 0.916. The predicted octanol–water partition coefficient (Wildman–Crippen LogP) is 3.34. The van der Waals surface area contributed by atoms with Gasteiger partial charge in [-0.25, -0.2) is 9.97 Å². The van der Waals surface area contributed by atoms with Crippen molar-refractivity contribution in [2.24, 2.45) is 5.92 Å². The van der Waals surface area contributed by atoms with E-state index in [9.17, 15) is 4.79 Å². The first-order chi connectivity index (χ1) is 11.6. The van der Waals surface area contributed by atoms with Crippen LogP contribution in [0.4, 0.5) is 11.6 Å². The molecular weight excluding hydrogens is 300 g/mol. The predicted molar refractivity (Wildman–Crippen MR) is 95.6 cm³/mol. The van der Waals surface area contributed by atoms with Gasteiger partial charge in [-0.15, -0.1) is 0 Å². The van der Waals surface area contributed by atoms with Gasteiger partial charge in [0, 0.05) is 31.2 Å². The molecule has 0 unspecified atom stereocenters. The lowest BCUT2D eigenvalue weighted by Crippen LogP contribution is -2.28. The molecule has 1 aromatic carbocycles. The van der Waals surface area contributed by atoms with E-state index >= 15 is 0 Å². The molecule has 24 heavy (non-hydrogen) atoms. The monoisotopic (exact) mass is 324 g/mol. The number of anilines is 2. The van der Waals surface area contributed by atoms with Crippen molar-refractivity contribution in [1.82, 2.24) is 15.3 Å². The van der Waals surface area contributed by atoms with E-state index in [-0.39, 0.29) is 5.91 Å². The summed E-state index contributed by atoms with van der Waals surface area (Å²) >= 11 is 0. The number of hydrogen-bond donors (Lipinski definition) is 1. The van der Waals surface area contributed by atoms with Gasteiger partial charge in [-0.3, -0.25) is 4.79 Å². The van der Waals surface area contributed by atoms with E-state index in [1.54, 1.807) is 12.4 Å². The zero-order valence-electron chi connectivity index (χ0n) is 14.3. The summed E-state index contributed by atoms with van der Waals surface area (Å²) in [6.45, 7) is 5.86. The number of para-hydroxylation sites is 1. The Hall–Kier alpha value is -2.43. The van der Waals surface area contributed by atoms with Crippen molar-refractivity contribution < 1.29 is 4.79 Å². The van der Waals surface area contributed by atoms with Crippen molar-refractivity contribution in [2.45, 2.75) is 33.1 Å². The number of carbonyl (C=O) groups excluding carboxylic acids is 1. The minimum absolute atomic E-state index is 0.110. The molecular formula is C19H24N4O. The smallest absolute Gasteiger partial charge is 0.254 e. The third kappa shape index (κ3) is 3.72. The van der Waals surface area contributed by atoms with Crippen LogP contribution in [0.15, 0.2) is 36.7 Å². The molecule has 1 aliphatic rings. The SMILES string of the molecule is CC(C)CCNC(=O)c1cnc(N2CCCc3ccccc32)nc1. The number of rotatable bonds is 5. The Balaban J connectivity index is 1.70. The number of amides is 1. The summed E-state index contributed by atoms with van der Waals surface area (Å²) in [4.78, 5) is 23.1. The van der Waals surface area contributed by atoms with Gasteiger partial charge in [-0.1, -0.05) is 32.0 Å². The molecule has 1 N–H and O–H groups in total. The second kappa shape index (κ2) is 7.43. The van der Waals surface area contributed by atoms with Gasteiger partial charge in [0.2, 0.25) is 5.95 Å². The van der Waals surface area contributed by atoms with Gasteiger partial charge in [-0.2, -0.15) is 0 Å². The highest BCUT2D eigenvalue weighted by Gasteiger charge is 2.20. The Morgan fingerprint density at radius 3 is 2.75 bits per heavy atom. The summed E-state index contributed by atoms with van der Waals surface area (Å²) in [6, 6.07) is 8.35. The first-order valence-corrected chi connectivity index (χ1v) is 8.61. The highest BCUT2D eigenvalue weighted by Crippen LogP contribution is 2.30. The first-order valence-electron chi connectivity index (χ1n) is 8.61. The van der Waals surface area contributed by atoms with Gasteiger partial charge in [0.1, 0.15) is 0 Å². The average Bonchev–Trinajstić information content (AvgIpc) is 2.61. The standard InChI is InChI=1S/C19H24N4O/c1-14(2)9-10-20-18(24)16-12-21-19(22-13-16)23-11-5-7-15-6-3-4-8-17(15)23/h3-4,6,8,12-14H,5,7,9-11H2,1-2H3,(H,20,24). The van der Waals surface area contributed by atoms with Crippen molar-refractivity contribution in [3.05, 3.63) is 47.8 Å². The molecule has 5 nitrogen and oxygen atoms in total. The van der Waals surface area contributed by atoms with Crippen LogP contribution in [0.5, 0.6) is 0 Å². The molecule has 0 saturated heterocycles. The molecule has 3 rings (SSSR count). The van der Waals surface area contributed by atoms with E-state index in [0.29, 0.717) is 24.0 Å². The number of fused-ring (bicyclic) bond motifs is 1. The third-order valence-electron chi connectivity index (χ3n) is 4.26. The van der Waals surface area contributed by atoms with E-state index in [0.717, 1.165) is 31.5 Å². The molecule has 1 amide bonds. The lowest BCUT2D eigenvalue weighted by Gasteiger charge is -2.29. The number of aryl methyl sites for hydroxylation is 1. The Bertz CT molecular complexity index is 697. The van der Waals surface area contributed by atoms with Crippen molar-refractivity contribution in [3.63, 3.8) is 0 Å². The normalized spacial score (nSPS) is 13.7. The maximum atomic E-state index is 12.1. The van der Waals surface area contributed by atoms with Crippen LogP contribution in [0, 0.1) is 5.92 Å². The Kier molecular flexibility index (Phi) is 5.08. The van der Waals surface area contributed by atoms with Crippen LogP contribution in [0.1, 0.15) is 42.6 Å². The van der Waals surface area contributed by atoms with E-state index in [4.69, 9.17) is 0 Å². The fourth-order valence-electron chi connectivity index (χ4n) is 2.90. The van der Waals surface area contributed by atoms with Crippen LogP contribution in [-0.2, 0) is 6.42 Å². The fraction of sp³-hybridized carbons (Fsp3) is 0.421. The third-order valence-corrected chi connectivity index (χ3v) is 4.26. The molecule has 0 bridgehead atoms. The highest BCUT2D eigenvalue weighted by molar-refractivity contribution is 5.93. The molecule has 2 aromatic rings. The molecule has 0 aliphatic carbocycles. The second-order valence-corrected chi connectivity index (χ2v) is 6.59. The molecule has 0 fully saturated rings. The molecule has 0 atom stereocenters. The van der Waals surface area contributed by atoms with Gasteiger partial charge in [0.15, 0.2) is 0 Å². The van der Waals surface area contributed by atoms with Crippen molar-refractivity contribution in [3.8, 4) is 0 Å². The maximum Gasteiger partial charge on any atom is 0.254 e. The van der Waals surface area contributed by atoms with E-state index in [1.165, 1.54) is 5.56 Å². The number of nitrogens with zero attached hydrogens (tertiary/aromatic N) is 3. The summed E-state index contributed by atoms with van der Waals surface area (Å²) in [6.07, 6.45) is 6.37. The van der Waals surface area contributed by atoms with Crippen LogP contribution in [0.2, 0.25) is 0 Å². The highest BCUT2D eigenvalue weighted by atomic mass is 16.1. The molecule has 0 spiro atoms. The van der Waals surface area contributed by atoms with E-state index in [1.807, 2.05) is 6.07 Å². The summed E-state index contributed by atoms with van der Waals surface area (Å²) in [5, 5.41) is 2.91. The minimum atomic E-state index is -0.110. The summed E-state index contributed by atoms with van der Waals surface area (Å²) in [5.41, 5.74) is 2.99. The largest absolute Gasteiger partial charge is 0.352 e. The zero-order chi connectivity index (χ0) is 16.9.